The first-order chi connectivity index (χ1) is 20.1. The van der Waals surface area contributed by atoms with E-state index in [1.165, 1.54) is 4.90 Å². The van der Waals surface area contributed by atoms with Crippen molar-refractivity contribution in [1.82, 2.24) is 4.90 Å². The van der Waals surface area contributed by atoms with Gasteiger partial charge in [0.15, 0.2) is 0 Å². The van der Waals surface area contributed by atoms with E-state index in [9.17, 15) is 14.4 Å². The van der Waals surface area contributed by atoms with Crippen LogP contribution in [0.3, 0.4) is 0 Å². The Morgan fingerprint density at radius 1 is 0.476 bits per heavy atom. The number of carbonyl (C=O) groups is 3. The van der Waals surface area contributed by atoms with E-state index in [2.05, 4.69) is 0 Å². The van der Waals surface area contributed by atoms with Crippen LogP contribution in [0.5, 0.6) is 0 Å². The molecule has 0 aliphatic heterocycles. The summed E-state index contributed by atoms with van der Waals surface area (Å²) >= 11 is 0. The highest BCUT2D eigenvalue weighted by Gasteiger charge is 2.21. The molecular formula is C27H51NO14. The van der Waals surface area contributed by atoms with Crippen LogP contribution in [0.4, 0.5) is 4.79 Å². The molecule has 0 saturated heterocycles. The van der Waals surface area contributed by atoms with Gasteiger partial charge >= 0.3 is 18.0 Å². The lowest BCUT2D eigenvalue weighted by atomic mass is 10.2. The van der Waals surface area contributed by atoms with E-state index in [4.69, 9.17) is 52.8 Å². The van der Waals surface area contributed by atoms with Crippen molar-refractivity contribution in [2.75, 3.05) is 119 Å². The molecule has 0 aliphatic carbocycles. The predicted molar refractivity (Wildman–Crippen MR) is 149 cm³/mol. The summed E-state index contributed by atoms with van der Waals surface area (Å²) in [5.41, 5.74) is -0.627. The zero-order valence-electron chi connectivity index (χ0n) is 25.4. The molecule has 0 rings (SSSR count). The third-order valence-electron chi connectivity index (χ3n) is 4.82. The molecule has 2 N–H and O–H groups in total. The van der Waals surface area contributed by atoms with Crippen molar-refractivity contribution >= 4 is 18.0 Å². The summed E-state index contributed by atoms with van der Waals surface area (Å²) in [6.45, 7) is 11.4. The average molecular weight is 614 g/mol. The minimum absolute atomic E-state index is 0.0289. The maximum atomic E-state index is 12.6. The van der Waals surface area contributed by atoms with Crippen LogP contribution in [0, 0.1) is 0 Å². The quantitative estimate of drug-likeness (QED) is 0.111. The minimum atomic E-state index is -0.896. The number of rotatable bonds is 30. The molecule has 0 aromatic carbocycles. The number of ether oxygens (including phenoxy) is 9. The third kappa shape index (κ3) is 30.8. The van der Waals surface area contributed by atoms with Crippen LogP contribution in [-0.2, 0) is 52.2 Å². The van der Waals surface area contributed by atoms with Gasteiger partial charge in [0.1, 0.15) is 5.60 Å². The minimum Gasteiger partial charge on any atom is -0.481 e. The fraction of sp³-hybridized carbons (Fsp3) is 0.889. The molecule has 0 bridgehead atoms. The zero-order valence-corrected chi connectivity index (χ0v) is 25.4. The maximum Gasteiger partial charge on any atom is 0.410 e. The molecule has 0 unspecified atom stereocenters. The highest BCUT2D eigenvalue weighted by Crippen LogP contribution is 2.10. The SMILES string of the molecule is CC(C)(C)OC(=O)N(CCOCCOCCOCCOCCC(=O)O)CCOCCOCCOCCOCCC(=O)O. The Morgan fingerprint density at radius 3 is 1.00 bits per heavy atom. The van der Waals surface area contributed by atoms with Gasteiger partial charge in [0.2, 0.25) is 0 Å². The predicted octanol–water partition coefficient (Wildman–Crippen LogP) is 1.31. The second-order valence-corrected chi connectivity index (χ2v) is 9.65. The Bertz CT molecular complexity index is 632. The van der Waals surface area contributed by atoms with Crippen molar-refractivity contribution in [2.45, 2.75) is 39.2 Å². The van der Waals surface area contributed by atoms with Gasteiger partial charge in [-0.15, -0.1) is 0 Å². The Kier molecular flexibility index (Phi) is 26.3. The van der Waals surface area contributed by atoms with Gasteiger partial charge in [0.05, 0.1) is 119 Å². The number of carbonyl (C=O) groups excluding carboxylic acids is 1. The van der Waals surface area contributed by atoms with Crippen LogP contribution < -0.4 is 0 Å². The lowest BCUT2D eigenvalue weighted by Gasteiger charge is -2.27. The molecule has 15 heteroatoms. The lowest BCUT2D eigenvalue weighted by molar-refractivity contribution is -0.139. The van der Waals surface area contributed by atoms with Gasteiger partial charge in [-0.25, -0.2) is 4.79 Å². The number of aliphatic carboxylic acids is 2. The molecule has 0 spiro atoms. The molecule has 42 heavy (non-hydrogen) atoms. The first-order valence-electron chi connectivity index (χ1n) is 14.1. The van der Waals surface area contributed by atoms with E-state index in [0.29, 0.717) is 106 Å². The van der Waals surface area contributed by atoms with Crippen LogP contribution in [0.25, 0.3) is 0 Å². The van der Waals surface area contributed by atoms with Crippen molar-refractivity contribution in [1.29, 1.82) is 0 Å². The van der Waals surface area contributed by atoms with Crippen molar-refractivity contribution in [3.8, 4) is 0 Å². The Labute approximate surface area is 248 Å². The first-order valence-corrected chi connectivity index (χ1v) is 14.1. The van der Waals surface area contributed by atoms with E-state index in [0.717, 1.165) is 0 Å². The molecule has 0 fully saturated rings. The number of hydrogen-bond acceptors (Lipinski definition) is 12. The van der Waals surface area contributed by atoms with Gasteiger partial charge in [-0.2, -0.15) is 0 Å². The topological polar surface area (TPSA) is 178 Å². The number of carboxylic acids is 2. The third-order valence-corrected chi connectivity index (χ3v) is 4.82. The highest BCUT2D eigenvalue weighted by molar-refractivity contribution is 5.68. The molecule has 15 nitrogen and oxygen atoms in total. The summed E-state index contributed by atoms with van der Waals surface area (Å²) in [6, 6.07) is 0. The average Bonchev–Trinajstić information content (AvgIpc) is 2.90. The van der Waals surface area contributed by atoms with E-state index >= 15 is 0 Å². The van der Waals surface area contributed by atoms with Crippen molar-refractivity contribution in [3.63, 3.8) is 0 Å². The Balaban J connectivity index is 3.83. The molecule has 1 amide bonds. The van der Waals surface area contributed by atoms with E-state index < -0.39 is 23.6 Å². The van der Waals surface area contributed by atoms with E-state index in [1.54, 1.807) is 20.8 Å². The summed E-state index contributed by atoms with van der Waals surface area (Å²) in [5.74, 6) is -1.79. The summed E-state index contributed by atoms with van der Waals surface area (Å²) in [6.07, 6.45) is -0.506. The molecule has 0 atom stereocenters. The molecule has 0 heterocycles. The molecule has 0 radical (unpaired) electrons. The fourth-order valence-electron chi connectivity index (χ4n) is 2.81. The summed E-state index contributed by atoms with van der Waals surface area (Å²) < 4.78 is 48.4. The van der Waals surface area contributed by atoms with Crippen molar-refractivity contribution in [3.05, 3.63) is 0 Å². The fourth-order valence-corrected chi connectivity index (χ4v) is 2.81. The number of carboxylic acid groups (broad SMARTS) is 2. The van der Waals surface area contributed by atoms with Crippen molar-refractivity contribution in [2.24, 2.45) is 0 Å². The van der Waals surface area contributed by atoms with Crippen LogP contribution in [0.2, 0.25) is 0 Å². The standard InChI is InChI=1S/C27H51NO14/c1-27(2,3)42-26(33)28(6-10-36-14-18-40-22-20-38-16-12-34-8-4-24(29)30)7-11-37-15-19-41-23-21-39-17-13-35-9-5-25(31)32/h4-23H2,1-3H3,(H,29,30)(H,31,32). The first kappa shape index (κ1) is 39.9. The Hall–Kier alpha value is -2.11. The Morgan fingerprint density at radius 2 is 0.738 bits per heavy atom. The van der Waals surface area contributed by atoms with Gasteiger partial charge in [-0.1, -0.05) is 0 Å². The van der Waals surface area contributed by atoms with Crippen LogP contribution in [0.1, 0.15) is 33.6 Å². The van der Waals surface area contributed by atoms with Gasteiger partial charge in [-0.05, 0) is 20.8 Å². The van der Waals surface area contributed by atoms with Crippen molar-refractivity contribution < 1.29 is 67.2 Å². The lowest BCUT2D eigenvalue weighted by Crippen LogP contribution is -2.40. The molecule has 0 aromatic heterocycles. The van der Waals surface area contributed by atoms with Gasteiger partial charge in [0.25, 0.3) is 0 Å². The molecule has 0 saturated carbocycles. The zero-order chi connectivity index (χ0) is 31.3. The van der Waals surface area contributed by atoms with Gasteiger partial charge in [0, 0.05) is 13.1 Å². The van der Waals surface area contributed by atoms with Gasteiger partial charge < -0.3 is 57.7 Å². The normalized spacial score (nSPS) is 11.5. The largest absolute Gasteiger partial charge is 0.481 e. The van der Waals surface area contributed by atoms with Crippen LogP contribution >= 0.6 is 0 Å². The summed E-state index contributed by atoms with van der Waals surface area (Å²) in [7, 11) is 0. The van der Waals surface area contributed by atoms with Crippen LogP contribution in [0.15, 0.2) is 0 Å². The van der Waals surface area contributed by atoms with Gasteiger partial charge in [-0.3, -0.25) is 9.59 Å². The monoisotopic (exact) mass is 613 g/mol. The van der Waals surface area contributed by atoms with Crippen LogP contribution in [-0.4, -0.2) is 158 Å². The number of nitrogens with zero attached hydrogens (tertiary/aromatic N) is 1. The second-order valence-electron chi connectivity index (χ2n) is 9.65. The summed E-state index contributed by atoms with van der Waals surface area (Å²) in [4.78, 5) is 34.8. The van der Waals surface area contributed by atoms with E-state index in [-0.39, 0.29) is 26.1 Å². The smallest absolute Gasteiger partial charge is 0.410 e. The molecular weight excluding hydrogens is 562 g/mol. The number of amides is 1. The molecule has 0 aliphatic rings. The number of hydrogen-bond donors (Lipinski definition) is 2. The molecule has 248 valence electrons. The highest BCUT2D eigenvalue weighted by atomic mass is 16.6. The molecule has 0 aromatic rings. The summed E-state index contributed by atoms with van der Waals surface area (Å²) in [5, 5.41) is 17.0. The van der Waals surface area contributed by atoms with E-state index in [1.807, 2.05) is 0 Å². The second kappa shape index (κ2) is 27.7. The maximum absolute atomic E-state index is 12.6.